The molecule has 0 atom stereocenters. The molecule has 0 aliphatic carbocycles. The maximum Gasteiger partial charge on any atom is 0.253 e. The number of aromatic nitrogens is 2. The Morgan fingerprint density at radius 2 is 1.84 bits per heavy atom. The van der Waals surface area contributed by atoms with Crippen molar-refractivity contribution in [3.05, 3.63) is 94.8 Å². The van der Waals surface area contributed by atoms with Crippen molar-refractivity contribution in [2.75, 3.05) is 37.6 Å². The van der Waals surface area contributed by atoms with Gasteiger partial charge < -0.3 is 19.7 Å². The first kappa shape index (κ1) is 25.8. The van der Waals surface area contributed by atoms with Crippen molar-refractivity contribution in [1.82, 2.24) is 19.8 Å². The zero-order valence-corrected chi connectivity index (χ0v) is 22.1. The standard InChI is InChI=1S/C30H31ClN6O/c31-25-11-9-23(10-12-25)21-34-30(38)27-22-37(28-8-2-1-7-26(27)28)17-5-15-35-14-4-16-36(19-18-35)29-24(20-32)6-3-13-33-29/h1-3,6-13,22H,4-5,14-19,21H2,(H,34,38). The number of para-hydroxylation sites is 1. The van der Waals surface area contributed by atoms with Crippen LogP contribution in [0.3, 0.4) is 0 Å². The van der Waals surface area contributed by atoms with Crippen LogP contribution in [-0.4, -0.2) is 53.1 Å². The van der Waals surface area contributed by atoms with Gasteiger partial charge in [0.2, 0.25) is 0 Å². The van der Waals surface area contributed by atoms with Gasteiger partial charge in [-0.05, 0) is 61.8 Å². The number of fused-ring (bicyclic) bond motifs is 1. The topological polar surface area (TPSA) is 77.2 Å². The minimum Gasteiger partial charge on any atom is -0.354 e. The first-order valence-electron chi connectivity index (χ1n) is 13.1. The Balaban J connectivity index is 1.19. The van der Waals surface area contributed by atoms with Gasteiger partial charge >= 0.3 is 0 Å². The Labute approximate surface area is 228 Å². The molecule has 38 heavy (non-hydrogen) atoms. The fourth-order valence-corrected chi connectivity index (χ4v) is 5.23. The van der Waals surface area contributed by atoms with Crippen LogP contribution < -0.4 is 10.2 Å². The molecule has 0 spiro atoms. The fraction of sp³-hybridized carbons (Fsp3) is 0.300. The van der Waals surface area contributed by atoms with E-state index in [0.717, 1.165) is 74.4 Å². The maximum atomic E-state index is 13.1. The smallest absolute Gasteiger partial charge is 0.253 e. The van der Waals surface area contributed by atoms with E-state index in [2.05, 4.69) is 36.8 Å². The van der Waals surface area contributed by atoms with Crippen LogP contribution in [-0.2, 0) is 13.1 Å². The second kappa shape index (κ2) is 12.1. The first-order chi connectivity index (χ1) is 18.6. The van der Waals surface area contributed by atoms with Crippen LogP contribution in [0.5, 0.6) is 0 Å². The summed E-state index contributed by atoms with van der Waals surface area (Å²) in [5.41, 5.74) is 3.41. The van der Waals surface area contributed by atoms with Gasteiger partial charge in [-0.15, -0.1) is 0 Å². The van der Waals surface area contributed by atoms with Gasteiger partial charge in [0.1, 0.15) is 11.9 Å². The van der Waals surface area contributed by atoms with Crippen LogP contribution in [0.15, 0.2) is 73.1 Å². The van der Waals surface area contributed by atoms with E-state index in [0.29, 0.717) is 22.7 Å². The molecule has 1 aliphatic heterocycles. The molecule has 0 unspecified atom stereocenters. The minimum absolute atomic E-state index is 0.0752. The van der Waals surface area contributed by atoms with Crippen LogP contribution >= 0.6 is 11.6 Å². The van der Waals surface area contributed by atoms with E-state index in [-0.39, 0.29) is 5.91 Å². The van der Waals surface area contributed by atoms with E-state index >= 15 is 0 Å². The Bertz CT molecular complexity index is 1440. The fourth-order valence-electron chi connectivity index (χ4n) is 5.10. The number of aryl methyl sites for hydroxylation is 1. The van der Waals surface area contributed by atoms with E-state index in [4.69, 9.17) is 11.6 Å². The van der Waals surface area contributed by atoms with Gasteiger partial charge in [0.15, 0.2) is 0 Å². The maximum absolute atomic E-state index is 13.1. The molecular formula is C30H31ClN6O. The largest absolute Gasteiger partial charge is 0.354 e. The van der Waals surface area contributed by atoms with Crippen LogP contribution in [0, 0.1) is 11.3 Å². The quantitative estimate of drug-likeness (QED) is 0.346. The third-order valence-electron chi connectivity index (χ3n) is 7.07. The van der Waals surface area contributed by atoms with Crippen molar-refractivity contribution in [3.63, 3.8) is 0 Å². The number of nitrogens with one attached hydrogen (secondary N) is 1. The van der Waals surface area contributed by atoms with Gasteiger partial charge in [-0.25, -0.2) is 4.98 Å². The van der Waals surface area contributed by atoms with Crippen molar-refractivity contribution in [2.24, 2.45) is 0 Å². The van der Waals surface area contributed by atoms with Crippen molar-refractivity contribution >= 4 is 34.2 Å². The van der Waals surface area contributed by atoms with Gasteiger partial charge in [-0.1, -0.05) is 41.9 Å². The predicted octanol–water partition coefficient (Wildman–Crippen LogP) is 5.09. The molecule has 1 amide bonds. The highest BCUT2D eigenvalue weighted by Gasteiger charge is 2.19. The van der Waals surface area contributed by atoms with Crippen LogP contribution in [0.25, 0.3) is 10.9 Å². The molecule has 0 bridgehead atoms. The van der Waals surface area contributed by atoms with Crippen LogP contribution in [0.1, 0.15) is 34.3 Å². The lowest BCUT2D eigenvalue weighted by atomic mass is 10.1. The van der Waals surface area contributed by atoms with Gasteiger partial charge in [0.25, 0.3) is 5.91 Å². The third kappa shape index (κ3) is 5.99. The van der Waals surface area contributed by atoms with Gasteiger partial charge in [-0.3, -0.25) is 4.79 Å². The number of hydrogen-bond acceptors (Lipinski definition) is 5. The van der Waals surface area contributed by atoms with Crippen molar-refractivity contribution < 1.29 is 4.79 Å². The molecule has 8 heteroatoms. The highest BCUT2D eigenvalue weighted by molar-refractivity contribution is 6.30. The Morgan fingerprint density at radius 1 is 1.00 bits per heavy atom. The molecule has 3 heterocycles. The van der Waals surface area contributed by atoms with E-state index in [1.807, 2.05) is 60.8 Å². The zero-order chi connectivity index (χ0) is 26.3. The second-order valence-corrected chi connectivity index (χ2v) is 10.0. The SMILES string of the molecule is N#Cc1cccnc1N1CCCN(CCCn2cc(C(=O)NCc3ccc(Cl)cc3)c3ccccc32)CC1. The van der Waals surface area contributed by atoms with E-state index in [1.165, 1.54) is 0 Å². The summed E-state index contributed by atoms with van der Waals surface area (Å²) in [6.07, 6.45) is 5.76. The lowest BCUT2D eigenvalue weighted by molar-refractivity contribution is 0.0952. The number of carbonyl (C=O) groups excluding carboxylic acids is 1. The highest BCUT2D eigenvalue weighted by Crippen LogP contribution is 2.23. The molecule has 1 N–H and O–H groups in total. The number of nitrogens with zero attached hydrogens (tertiary/aromatic N) is 5. The highest BCUT2D eigenvalue weighted by atomic mass is 35.5. The molecule has 194 valence electrons. The van der Waals surface area contributed by atoms with E-state index < -0.39 is 0 Å². The molecule has 2 aromatic heterocycles. The number of nitriles is 1. The molecule has 7 nitrogen and oxygen atoms in total. The molecule has 4 aromatic rings. The van der Waals surface area contributed by atoms with Crippen molar-refractivity contribution in [3.8, 4) is 6.07 Å². The summed E-state index contributed by atoms with van der Waals surface area (Å²) in [5, 5.41) is 14.1. The first-order valence-corrected chi connectivity index (χ1v) is 13.4. The summed E-state index contributed by atoms with van der Waals surface area (Å²) in [6.45, 7) is 5.99. The molecule has 5 rings (SSSR count). The molecule has 1 fully saturated rings. The molecule has 0 radical (unpaired) electrons. The summed E-state index contributed by atoms with van der Waals surface area (Å²) in [6, 6.07) is 21.5. The van der Waals surface area contributed by atoms with Crippen LogP contribution in [0.4, 0.5) is 5.82 Å². The summed E-state index contributed by atoms with van der Waals surface area (Å²) in [7, 11) is 0. The van der Waals surface area contributed by atoms with E-state index in [9.17, 15) is 10.1 Å². The Kier molecular flexibility index (Phi) is 8.22. The lowest BCUT2D eigenvalue weighted by Crippen LogP contribution is -2.32. The number of carbonyl (C=O) groups is 1. The number of halogens is 1. The van der Waals surface area contributed by atoms with Gasteiger partial charge in [0, 0.05) is 61.0 Å². The number of rotatable bonds is 8. The average Bonchev–Trinajstić information content (AvgIpc) is 3.15. The van der Waals surface area contributed by atoms with Gasteiger partial charge in [-0.2, -0.15) is 5.26 Å². The summed E-state index contributed by atoms with van der Waals surface area (Å²) in [4.78, 5) is 22.3. The monoisotopic (exact) mass is 526 g/mol. The van der Waals surface area contributed by atoms with Crippen LogP contribution in [0.2, 0.25) is 5.02 Å². The number of anilines is 1. The lowest BCUT2D eigenvalue weighted by Gasteiger charge is -2.23. The van der Waals surface area contributed by atoms with Crippen molar-refractivity contribution in [1.29, 1.82) is 5.26 Å². The molecule has 1 saturated heterocycles. The number of pyridine rings is 1. The second-order valence-electron chi connectivity index (χ2n) is 9.58. The predicted molar refractivity (Wildman–Crippen MR) is 151 cm³/mol. The molecule has 0 saturated carbocycles. The van der Waals surface area contributed by atoms with Gasteiger partial charge in [0.05, 0.1) is 11.1 Å². The third-order valence-corrected chi connectivity index (χ3v) is 7.32. The molecule has 1 aliphatic rings. The molecule has 2 aromatic carbocycles. The summed E-state index contributed by atoms with van der Waals surface area (Å²) >= 11 is 5.97. The van der Waals surface area contributed by atoms with E-state index in [1.54, 1.807) is 6.20 Å². The number of hydrogen-bond donors (Lipinski definition) is 1. The van der Waals surface area contributed by atoms with Crippen molar-refractivity contribution in [2.45, 2.75) is 25.9 Å². The Morgan fingerprint density at radius 3 is 2.68 bits per heavy atom. The summed E-state index contributed by atoms with van der Waals surface area (Å²) < 4.78 is 2.20. The summed E-state index contributed by atoms with van der Waals surface area (Å²) in [5.74, 6) is 0.714. The zero-order valence-electron chi connectivity index (χ0n) is 21.3. The number of amides is 1. The minimum atomic E-state index is -0.0752. The molecular weight excluding hydrogens is 496 g/mol. The average molecular weight is 527 g/mol. The Hall–Kier alpha value is -3.86. The number of benzene rings is 2. The normalized spacial score (nSPS) is 14.3.